The molecule has 0 spiro atoms. The average Bonchev–Trinajstić information content (AvgIpc) is 2.45. The van der Waals surface area contributed by atoms with E-state index in [1.807, 2.05) is 0 Å². The van der Waals surface area contributed by atoms with E-state index in [9.17, 15) is 14.4 Å². The number of nitrogens with two attached hydrogens (primary N) is 1. The lowest BCUT2D eigenvalue weighted by Gasteiger charge is -2.27. The number of carbonyl (C=O) groups excluding carboxylic acids is 2. The van der Waals surface area contributed by atoms with Gasteiger partial charge in [-0.1, -0.05) is 0 Å². The molecular formula is C14H25NO6S3. The zero-order valence-corrected chi connectivity index (χ0v) is 16.4. The first-order chi connectivity index (χ1) is 11.0. The molecule has 24 heavy (non-hydrogen) atoms. The summed E-state index contributed by atoms with van der Waals surface area (Å²) in [4.78, 5) is 34.7. The van der Waals surface area contributed by atoms with Crippen molar-refractivity contribution in [2.45, 2.75) is 50.2 Å². The third kappa shape index (κ3) is 9.05. The van der Waals surface area contributed by atoms with Crippen LogP contribution in [0.15, 0.2) is 0 Å². The van der Waals surface area contributed by atoms with Crippen molar-refractivity contribution in [3.8, 4) is 0 Å². The average molecular weight is 400 g/mol. The minimum atomic E-state index is -1.14. The Balaban J connectivity index is 4.79. The number of rotatable bonds is 11. The highest BCUT2D eigenvalue weighted by Crippen LogP contribution is 2.19. The highest BCUT2D eigenvalue weighted by atomic mass is 32.1. The molecule has 0 amide bonds. The van der Waals surface area contributed by atoms with Gasteiger partial charge in [-0.05, 0) is 26.0 Å². The van der Waals surface area contributed by atoms with E-state index in [1.54, 1.807) is 13.8 Å². The molecule has 0 heterocycles. The molecule has 0 aliphatic rings. The van der Waals surface area contributed by atoms with Gasteiger partial charge in [0.05, 0.1) is 5.92 Å². The van der Waals surface area contributed by atoms with Crippen LogP contribution in [0.25, 0.3) is 0 Å². The van der Waals surface area contributed by atoms with Crippen molar-refractivity contribution in [2.75, 3.05) is 11.5 Å². The first-order valence-corrected chi connectivity index (χ1v) is 9.06. The quantitative estimate of drug-likeness (QED) is 0.201. The molecule has 0 aromatic carbocycles. The van der Waals surface area contributed by atoms with Crippen LogP contribution in [0.3, 0.4) is 0 Å². The first kappa shape index (κ1) is 23.4. The van der Waals surface area contributed by atoms with Gasteiger partial charge < -0.3 is 20.3 Å². The molecule has 0 bridgehead atoms. The Hall–Kier alpha value is -0.580. The highest BCUT2D eigenvalue weighted by molar-refractivity contribution is 7.81. The fraction of sp³-hybridized carbons (Fsp3) is 0.786. The predicted octanol–water partition coefficient (Wildman–Crippen LogP) is 1.17. The standard InChI is InChI=1S/C14H25NO6S3/c1-14(2,24)11(15)13(19)21-10(5-6-22)20-12(18)8(7-23)3-4-9(16)17/h8,10-11,22-24H,3-7,15H2,1-2H3,(H,16,17). The molecule has 0 fully saturated rings. The van der Waals surface area contributed by atoms with Crippen molar-refractivity contribution in [3.05, 3.63) is 0 Å². The second-order valence-corrected chi connectivity index (χ2v) is 7.72. The first-order valence-electron chi connectivity index (χ1n) is 7.35. The SMILES string of the molecule is CC(C)(S)C(N)C(=O)OC(CCS)OC(=O)C(CS)CCC(=O)O. The number of ether oxygens (including phenoxy) is 2. The van der Waals surface area contributed by atoms with Gasteiger partial charge in [-0.25, -0.2) is 0 Å². The van der Waals surface area contributed by atoms with E-state index in [4.69, 9.17) is 20.3 Å². The van der Waals surface area contributed by atoms with Crippen LogP contribution in [-0.2, 0) is 23.9 Å². The van der Waals surface area contributed by atoms with Crippen LogP contribution in [0.5, 0.6) is 0 Å². The van der Waals surface area contributed by atoms with E-state index in [-0.39, 0.29) is 25.0 Å². The molecule has 0 aliphatic carbocycles. The summed E-state index contributed by atoms with van der Waals surface area (Å²) >= 11 is 12.3. The molecular weight excluding hydrogens is 374 g/mol. The number of esters is 2. The Morgan fingerprint density at radius 2 is 1.67 bits per heavy atom. The van der Waals surface area contributed by atoms with E-state index >= 15 is 0 Å². The van der Waals surface area contributed by atoms with Gasteiger partial charge in [-0.15, -0.1) is 0 Å². The van der Waals surface area contributed by atoms with Gasteiger partial charge in [0.2, 0.25) is 6.29 Å². The maximum atomic E-state index is 12.1. The fourth-order valence-electron chi connectivity index (χ4n) is 1.55. The number of carboxylic acids is 1. The Kier molecular flexibility index (Phi) is 10.8. The van der Waals surface area contributed by atoms with Crippen LogP contribution in [0, 0.1) is 5.92 Å². The second-order valence-electron chi connectivity index (χ2n) is 5.76. The largest absolute Gasteiger partial charge is 0.481 e. The third-order valence-electron chi connectivity index (χ3n) is 3.14. The molecule has 10 heteroatoms. The lowest BCUT2D eigenvalue weighted by molar-refractivity contribution is -0.191. The van der Waals surface area contributed by atoms with E-state index in [2.05, 4.69) is 37.9 Å². The molecule has 140 valence electrons. The molecule has 3 N–H and O–H groups in total. The molecule has 7 nitrogen and oxygen atoms in total. The summed E-state index contributed by atoms with van der Waals surface area (Å²) in [6, 6.07) is -1.00. The predicted molar refractivity (Wildman–Crippen MR) is 99.7 cm³/mol. The minimum Gasteiger partial charge on any atom is -0.481 e. The Morgan fingerprint density at radius 3 is 2.08 bits per heavy atom. The Labute approximate surface area is 158 Å². The zero-order chi connectivity index (χ0) is 18.9. The molecule has 0 saturated heterocycles. The highest BCUT2D eigenvalue weighted by Gasteiger charge is 2.33. The summed E-state index contributed by atoms with van der Waals surface area (Å²) in [6.45, 7) is 3.31. The molecule has 0 radical (unpaired) electrons. The topological polar surface area (TPSA) is 116 Å². The number of hydrogen-bond donors (Lipinski definition) is 5. The lowest BCUT2D eigenvalue weighted by Crippen LogP contribution is -2.48. The van der Waals surface area contributed by atoms with E-state index in [0.29, 0.717) is 5.75 Å². The van der Waals surface area contributed by atoms with Crippen molar-refractivity contribution in [1.29, 1.82) is 0 Å². The number of carboxylic acid groups (broad SMARTS) is 1. The van der Waals surface area contributed by atoms with Crippen molar-refractivity contribution < 1.29 is 29.0 Å². The smallest absolute Gasteiger partial charge is 0.327 e. The number of carbonyl (C=O) groups is 3. The zero-order valence-electron chi connectivity index (χ0n) is 13.7. The van der Waals surface area contributed by atoms with Gasteiger partial charge in [0, 0.05) is 23.3 Å². The number of aliphatic carboxylic acids is 1. The molecule has 0 aromatic heterocycles. The number of hydrogen-bond acceptors (Lipinski definition) is 9. The van der Waals surface area contributed by atoms with Crippen LogP contribution in [0.2, 0.25) is 0 Å². The molecule has 0 rings (SSSR count). The van der Waals surface area contributed by atoms with Crippen molar-refractivity contribution in [2.24, 2.45) is 11.7 Å². The van der Waals surface area contributed by atoms with Gasteiger partial charge in [0.1, 0.15) is 6.04 Å². The van der Waals surface area contributed by atoms with Crippen molar-refractivity contribution >= 4 is 55.8 Å². The minimum absolute atomic E-state index is 0.0857. The molecule has 3 unspecified atom stereocenters. The maximum Gasteiger partial charge on any atom is 0.327 e. The maximum absolute atomic E-state index is 12.1. The normalized spacial score (nSPS) is 15.2. The van der Waals surface area contributed by atoms with Crippen LogP contribution < -0.4 is 5.73 Å². The second kappa shape index (κ2) is 11.1. The van der Waals surface area contributed by atoms with Gasteiger partial charge >= 0.3 is 17.9 Å². The van der Waals surface area contributed by atoms with Crippen LogP contribution in [0.4, 0.5) is 0 Å². The van der Waals surface area contributed by atoms with Crippen LogP contribution in [0.1, 0.15) is 33.1 Å². The summed E-state index contributed by atoms with van der Waals surface area (Å²) in [5, 5.41) is 8.68. The molecule has 0 aliphatic heterocycles. The Bertz CT molecular complexity index is 441. The molecule has 0 aromatic rings. The summed E-state index contributed by atoms with van der Waals surface area (Å²) in [7, 11) is 0. The van der Waals surface area contributed by atoms with Gasteiger partial charge in [0.25, 0.3) is 0 Å². The van der Waals surface area contributed by atoms with Crippen LogP contribution >= 0.6 is 37.9 Å². The molecule has 0 saturated carbocycles. The van der Waals surface area contributed by atoms with Gasteiger partial charge in [0.15, 0.2) is 0 Å². The molecule has 3 atom stereocenters. The van der Waals surface area contributed by atoms with E-state index in [1.165, 1.54) is 0 Å². The lowest BCUT2D eigenvalue weighted by atomic mass is 10.0. The fourth-order valence-corrected chi connectivity index (χ4v) is 2.19. The monoisotopic (exact) mass is 399 g/mol. The summed E-state index contributed by atoms with van der Waals surface area (Å²) in [5.74, 6) is -2.72. The van der Waals surface area contributed by atoms with E-state index < -0.39 is 40.9 Å². The summed E-state index contributed by atoms with van der Waals surface area (Å²) < 4.78 is 9.48. The Morgan fingerprint density at radius 1 is 1.12 bits per heavy atom. The summed E-state index contributed by atoms with van der Waals surface area (Å²) in [6.07, 6.45) is -1.06. The van der Waals surface area contributed by atoms with Gasteiger partial charge in [-0.2, -0.15) is 37.9 Å². The summed E-state index contributed by atoms with van der Waals surface area (Å²) in [5.41, 5.74) is 5.75. The number of thiol groups is 3. The van der Waals surface area contributed by atoms with Crippen molar-refractivity contribution in [3.63, 3.8) is 0 Å². The van der Waals surface area contributed by atoms with E-state index in [0.717, 1.165) is 0 Å². The third-order valence-corrected chi connectivity index (χ3v) is 4.11. The van der Waals surface area contributed by atoms with Gasteiger partial charge in [-0.3, -0.25) is 14.4 Å². The van der Waals surface area contributed by atoms with Crippen molar-refractivity contribution in [1.82, 2.24) is 0 Å². The van der Waals surface area contributed by atoms with Crippen LogP contribution in [-0.4, -0.2) is 51.6 Å².